The monoisotopic (exact) mass is 235 g/mol. The molecule has 0 bridgehead atoms. The lowest BCUT2D eigenvalue weighted by atomic mass is 9.77. The molecule has 0 aliphatic carbocycles. The van der Waals surface area contributed by atoms with Gasteiger partial charge < -0.3 is 10.3 Å². The van der Waals surface area contributed by atoms with E-state index in [0.717, 1.165) is 5.57 Å². The lowest BCUT2D eigenvalue weighted by Crippen LogP contribution is -2.30. The molecule has 0 aromatic carbocycles. The number of nitrogens with two attached hydrogens (primary N) is 1. The van der Waals surface area contributed by atoms with Gasteiger partial charge in [0.2, 0.25) is 5.89 Å². The molecule has 0 saturated heterocycles. The predicted octanol–water partition coefficient (Wildman–Crippen LogP) is 2.57. The zero-order valence-corrected chi connectivity index (χ0v) is 11.0. The van der Waals surface area contributed by atoms with Crippen molar-refractivity contribution in [1.82, 2.24) is 10.1 Å². The summed E-state index contributed by atoms with van der Waals surface area (Å²) in [4.78, 5) is 4.19. The van der Waals surface area contributed by atoms with Crippen molar-refractivity contribution in [2.45, 2.75) is 27.7 Å². The summed E-state index contributed by atoms with van der Waals surface area (Å²) in [5.74, 6) is 1.48. The number of nitrogens with zero attached hydrogens (tertiary/aromatic N) is 2. The Balaban J connectivity index is 2.92. The van der Waals surface area contributed by atoms with Crippen LogP contribution in [0.5, 0.6) is 0 Å². The smallest absolute Gasteiger partial charge is 0.223 e. The molecule has 2 unspecified atom stereocenters. The molecule has 2 atom stereocenters. The van der Waals surface area contributed by atoms with E-state index in [9.17, 15) is 0 Å². The Hall–Kier alpha value is -1.42. The third kappa shape index (κ3) is 3.03. The van der Waals surface area contributed by atoms with Gasteiger partial charge in [-0.3, -0.25) is 0 Å². The van der Waals surface area contributed by atoms with E-state index >= 15 is 0 Å². The molecule has 17 heavy (non-hydrogen) atoms. The fourth-order valence-electron chi connectivity index (χ4n) is 1.55. The summed E-state index contributed by atoms with van der Waals surface area (Å²) in [6.45, 7) is 12.4. The Labute approximate surface area is 103 Å². The van der Waals surface area contributed by atoms with Crippen molar-refractivity contribution in [2.24, 2.45) is 17.1 Å². The molecule has 1 heterocycles. The first-order valence-corrected chi connectivity index (χ1v) is 5.75. The molecule has 2 N–H and O–H groups in total. The summed E-state index contributed by atoms with van der Waals surface area (Å²) in [6.07, 6.45) is 4.02. The Morgan fingerprint density at radius 1 is 1.65 bits per heavy atom. The topological polar surface area (TPSA) is 64.9 Å². The summed E-state index contributed by atoms with van der Waals surface area (Å²) >= 11 is 0. The second-order valence-corrected chi connectivity index (χ2v) is 4.69. The quantitative estimate of drug-likeness (QED) is 0.797. The van der Waals surface area contributed by atoms with Gasteiger partial charge in [0.15, 0.2) is 5.82 Å². The van der Waals surface area contributed by atoms with Crippen LogP contribution in [-0.2, 0) is 0 Å². The normalized spacial score (nSPS) is 17.6. The van der Waals surface area contributed by atoms with Crippen molar-refractivity contribution in [3.63, 3.8) is 0 Å². The minimum absolute atomic E-state index is 0.111. The maximum absolute atomic E-state index is 5.79. The van der Waals surface area contributed by atoms with Crippen molar-refractivity contribution < 1.29 is 4.52 Å². The number of rotatable bonds is 5. The van der Waals surface area contributed by atoms with Crippen molar-refractivity contribution >= 4 is 5.57 Å². The second kappa shape index (κ2) is 5.27. The molecule has 1 aromatic rings. The average molecular weight is 235 g/mol. The molecule has 0 fully saturated rings. The first-order valence-electron chi connectivity index (χ1n) is 5.75. The van der Waals surface area contributed by atoms with Crippen LogP contribution >= 0.6 is 0 Å². The van der Waals surface area contributed by atoms with Gasteiger partial charge in [-0.1, -0.05) is 31.2 Å². The molecule has 4 heteroatoms. The van der Waals surface area contributed by atoms with E-state index in [1.54, 1.807) is 6.92 Å². The van der Waals surface area contributed by atoms with Crippen molar-refractivity contribution in [1.29, 1.82) is 0 Å². The van der Waals surface area contributed by atoms with E-state index in [1.165, 1.54) is 0 Å². The Morgan fingerprint density at radius 3 is 2.71 bits per heavy atom. The van der Waals surface area contributed by atoms with Gasteiger partial charge >= 0.3 is 0 Å². The molecular formula is C13H21N3O. The van der Waals surface area contributed by atoms with Gasteiger partial charge in [-0.2, -0.15) is 4.98 Å². The van der Waals surface area contributed by atoms with Crippen molar-refractivity contribution in [3.8, 4) is 0 Å². The van der Waals surface area contributed by atoms with Gasteiger partial charge in [0.1, 0.15) is 0 Å². The van der Waals surface area contributed by atoms with Crippen LogP contribution in [0.25, 0.3) is 5.57 Å². The number of hydrogen-bond acceptors (Lipinski definition) is 4. The summed E-state index contributed by atoms with van der Waals surface area (Å²) in [6, 6.07) is 0. The first kappa shape index (κ1) is 13.6. The second-order valence-electron chi connectivity index (χ2n) is 4.69. The van der Waals surface area contributed by atoms with Gasteiger partial charge in [0.05, 0.1) is 0 Å². The summed E-state index contributed by atoms with van der Waals surface area (Å²) in [5.41, 5.74) is 6.67. The van der Waals surface area contributed by atoms with Gasteiger partial charge in [-0.25, -0.2) is 0 Å². The van der Waals surface area contributed by atoms with Crippen LogP contribution in [0.1, 0.15) is 32.5 Å². The fraction of sp³-hybridized carbons (Fsp3) is 0.538. The van der Waals surface area contributed by atoms with E-state index in [4.69, 9.17) is 10.3 Å². The molecule has 0 saturated carbocycles. The molecule has 0 aliphatic rings. The molecule has 4 nitrogen and oxygen atoms in total. The molecule has 1 rings (SSSR count). The van der Waals surface area contributed by atoms with Crippen LogP contribution in [0.3, 0.4) is 0 Å². The zero-order valence-electron chi connectivity index (χ0n) is 11.0. The maximum atomic E-state index is 5.79. The van der Waals surface area contributed by atoms with Crippen LogP contribution in [-0.4, -0.2) is 16.7 Å². The summed E-state index contributed by atoms with van der Waals surface area (Å²) < 4.78 is 4.96. The number of aryl methyl sites for hydroxylation is 1. The highest BCUT2D eigenvalue weighted by molar-refractivity contribution is 5.57. The fourth-order valence-corrected chi connectivity index (χ4v) is 1.55. The lowest BCUT2D eigenvalue weighted by molar-refractivity contribution is 0.341. The highest BCUT2D eigenvalue weighted by Gasteiger charge is 2.25. The van der Waals surface area contributed by atoms with Crippen LogP contribution in [0.4, 0.5) is 0 Å². The average Bonchev–Trinajstić information content (AvgIpc) is 2.74. The highest BCUT2D eigenvalue weighted by atomic mass is 16.5. The van der Waals surface area contributed by atoms with Gasteiger partial charge in [-0.05, 0) is 18.4 Å². The molecule has 94 valence electrons. The lowest BCUT2D eigenvalue weighted by Gasteiger charge is -2.29. The van der Waals surface area contributed by atoms with E-state index in [2.05, 4.69) is 36.6 Å². The van der Waals surface area contributed by atoms with Crippen LogP contribution < -0.4 is 5.73 Å². The highest BCUT2D eigenvalue weighted by Crippen LogP contribution is 2.30. The predicted molar refractivity (Wildman–Crippen MR) is 69.2 cm³/mol. The summed E-state index contributed by atoms with van der Waals surface area (Å²) in [5, 5.41) is 3.89. The van der Waals surface area contributed by atoms with Crippen LogP contribution in [0.2, 0.25) is 0 Å². The van der Waals surface area contributed by atoms with Gasteiger partial charge in [0, 0.05) is 18.9 Å². The van der Waals surface area contributed by atoms with Crippen LogP contribution in [0.15, 0.2) is 23.3 Å². The van der Waals surface area contributed by atoms with Crippen LogP contribution in [0, 0.1) is 18.3 Å². The Bertz CT molecular complexity index is 422. The SMILES string of the molecule is C=CC(C)(CN)C(C)/C=C(\C)c1noc(C)n1. The molecule has 0 amide bonds. The molecule has 1 aromatic heterocycles. The Morgan fingerprint density at radius 2 is 2.29 bits per heavy atom. The van der Waals surface area contributed by atoms with E-state index < -0.39 is 0 Å². The van der Waals surface area contributed by atoms with Crippen molar-refractivity contribution in [2.75, 3.05) is 6.54 Å². The maximum Gasteiger partial charge on any atom is 0.223 e. The minimum Gasteiger partial charge on any atom is -0.339 e. The zero-order chi connectivity index (χ0) is 13.1. The third-order valence-electron chi connectivity index (χ3n) is 3.33. The Kier molecular flexibility index (Phi) is 4.23. The van der Waals surface area contributed by atoms with E-state index in [-0.39, 0.29) is 11.3 Å². The van der Waals surface area contributed by atoms with Crippen molar-refractivity contribution in [3.05, 3.63) is 30.4 Å². The van der Waals surface area contributed by atoms with Gasteiger partial charge in [-0.15, -0.1) is 6.58 Å². The third-order valence-corrected chi connectivity index (χ3v) is 3.33. The largest absolute Gasteiger partial charge is 0.339 e. The standard InChI is InChI=1S/C13H21N3O/c1-6-13(5,8-14)10(3)7-9(2)12-15-11(4)17-16-12/h6-7,10H,1,8,14H2,2-5H3/b9-7+. The summed E-state index contributed by atoms with van der Waals surface area (Å²) in [7, 11) is 0. The molecule has 0 spiro atoms. The molecule has 0 aliphatic heterocycles. The number of allylic oxidation sites excluding steroid dienone is 2. The minimum atomic E-state index is -0.111. The molecular weight excluding hydrogens is 214 g/mol. The van der Waals surface area contributed by atoms with Gasteiger partial charge in [0.25, 0.3) is 0 Å². The van der Waals surface area contributed by atoms with E-state index in [1.807, 2.05) is 13.0 Å². The van der Waals surface area contributed by atoms with E-state index in [0.29, 0.717) is 18.3 Å². The number of aromatic nitrogens is 2. The first-order chi connectivity index (χ1) is 7.92. The number of hydrogen-bond donors (Lipinski definition) is 1. The molecule has 0 radical (unpaired) electrons.